The Morgan fingerprint density at radius 1 is 0.583 bits per heavy atom. The van der Waals surface area contributed by atoms with Gasteiger partial charge >= 0.3 is 11.0 Å². The van der Waals surface area contributed by atoms with Gasteiger partial charge in [0.05, 0.1) is 0 Å². The van der Waals surface area contributed by atoms with Crippen molar-refractivity contribution >= 4 is 31.8 Å². The summed E-state index contributed by atoms with van der Waals surface area (Å²) >= 11 is 0. The molecule has 2 aromatic rings. The summed E-state index contributed by atoms with van der Waals surface area (Å²) in [5.41, 5.74) is -3.67. The van der Waals surface area contributed by atoms with Gasteiger partial charge < -0.3 is 19.3 Å². The van der Waals surface area contributed by atoms with Gasteiger partial charge in [-0.2, -0.15) is 35.5 Å². The van der Waals surface area contributed by atoms with Crippen LogP contribution in [0.3, 0.4) is 0 Å². The van der Waals surface area contributed by atoms with Crippen LogP contribution in [0.15, 0.2) is 179 Å². The van der Waals surface area contributed by atoms with E-state index in [1.807, 2.05) is 59.7 Å². The average molecular weight is 1050 g/mol. The lowest BCUT2D eigenvalue weighted by Gasteiger charge is -2.34. The maximum absolute atomic E-state index is 13.3. The number of rotatable bonds is 12. The lowest BCUT2D eigenvalue weighted by Crippen LogP contribution is -2.48. The van der Waals surface area contributed by atoms with Crippen molar-refractivity contribution in [3.8, 4) is 11.5 Å². The predicted octanol–water partition coefficient (Wildman–Crippen LogP) is 10.8. The standard InChI is InChI=1S/C50H58N2O4.2CHF3O3S/c1-35(19-13-21-37(3)25-27-43-39(5)47(55)45(31-49(43,7)8)51-29-15-23-41(53)33-51)17-11-12-18-36(2)20-14-22-38(4)26-28-44-40(6)48(56)46(32-50(44,9)10)52-30-16-24-42(54)34-52;2*2-1(3,4)8(5,6)7/h11-30,33-34,45-46H,31-32H2,1-10H3;2*(H,5,6,7)/b12-11+,19-13+,20-14+,27-25+,28-26+,35-17+,36-18+,37-21+,38-22+;;. The van der Waals surface area contributed by atoms with E-state index < -0.39 is 31.3 Å². The van der Waals surface area contributed by atoms with E-state index in [2.05, 4.69) is 116 Å². The first-order valence-corrected chi connectivity index (χ1v) is 24.7. The van der Waals surface area contributed by atoms with Gasteiger partial charge in [-0.3, -0.25) is 9.59 Å². The zero-order valence-electron chi connectivity index (χ0n) is 41.4. The number of aromatic hydroxyl groups is 2. The molecule has 2 aromatic heterocycles. The summed E-state index contributed by atoms with van der Waals surface area (Å²) in [4.78, 5) is 26.7. The molecule has 2 heterocycles. The minimum atomic E-state index is -6.09. The fourth-order valence-electron chi connectivity index (χ4n) is 7.45. The Bertz CT molecular complexity index is 2710. The third-order valence-corrected chi connectivity index (χ3v) is 12.3. The van der Waals surface area contributed by atoms with Crippen LogP contribution in [0.1, 0.15) is 94.2 Å². The van der Waals surface area contributed by atoms with E-state index in [1.165, 1.54) is 0 Å². The second kappa shape index (κ2) is 25.4. The van der Waals surface area contributed by atoms with E-state index in [0.29, 0.717) is 12.8 Å². The minimum absolute atomic E-state index is 0.0840. The van der Waals surface area contributed by atoms with Gasteiger partial charge in [-0.15, -0.1) is 0 Å². The van der Waals surface area contributed by atoms with Crippen molar-refractivity contribution in [2.45, 2.75) is 105 Å². The van der Waals surface area contributed by atoms with Gasteiger partial charge in [-0.1, -0.05) is 135 Å². The molecule has 72 heavy (non-hydrogen) atoms. The molecule has 0 bridgehead atoms. The predicted molar refractivity (Wildman–Crippen MR) is 259 cm³/mol. The Labute approximate surface area is 417 Å². The highest BCUT2D eigenvalue weighted by molar-refractivity contribution is 7.86. The number of allylic oxidation sites excluding steroid dienone is 22. The lowest BCUT2D eigenvalue weighted by molar-refractivity contribution is -0.711. The van der Waals surface area contributed by atoms with Crippen molar-refractivity contribution in [2.75, 3.05) is 0 Å². The Hall–Kier alpha value is -6.22. The monoisotopic (exact) mass is 1050 g/mol. The molecule has 0 saturated carbocycles. The quantitative estimate of drug-likeness (QED) is 0.0678. The molecule has 392 valence electrons. The van der Waals surface area contributed by atoms with Gasteiger partial charge in [0, 0.05) is 36.1 Å². The summed E-state index contributed by atoms with van der Waals surface area (Å²) in [7, 11) is -12.2. The average Bonchev–Trinajstić information content (AvgIpc) is 3.24. The second-order valence-corrected chi connectivity index (χ2v) is 21.0. The summed E-state index contributed by atoms with van der Waals surface area (Å²) in [6.45, 7) is 20.7. The number of hydrogen-bond acceptors (Lipinski definition) is 10. The van der Waals surface area contributed by atoms with Crippen molar-refractivity contribution in [3.05, 3.63) is 179 Å². The van der Waals surface area contributed by atoms with Crippen LogP contribution in [0.25, 0.3) is 0 Å². The van der Waals surface area contributed by atoms with E-state index >= 15 is 0 Å². The largest absolute Gasteiger partial charge is 0.741 e. The molecule has 0 aliphatic heterocycles. The Balaban J connectivity index is 0.000000951. The van der Waals surface area contributed by atoms with Crippen molar-refractivity contribution in [1.82, 2.24) is 0 Å². The van der Waals surface area contributed by atoms with Gasteiger partial charge in [0.1, 0.15) is 0 Å². The van der Waals surface area contributed by atoms with Gasteiger partial charge in [0.25, 0.3) is 0 Å². The number of Topliss-reactive ketones (excluding diaryl/α,β-unsaturated/α-hetero) is 2. The summed E-state index contributed by atoms with van der Waals surface area (Å²) < 4.78 is 121. The molecular weight excluding hydrogens is 991 g/mol. The Morgan fingerprint density at radius 2 is 0.861 bits per heavy atom. The molecule has 0 fully saturated rings. The molecule has 0 saturated heterocycles. The molecule has 0 aromatic carbocycles. The Morgan fingerprint density at radius 3 is 1.14 bits per heavy atom. The van der Waals surface area contributed by atoms with E-state index in [0.717, 1.165) is 44.6 Å². The van der Waals surface area contributed by atoms with Crippen molar-refractivity contribution < 1.29 is 81.2 Å². The van der Waals surface area contributed by atoms with Crippen LogP contribution in [0.5, 0.6) is 11.5 Å². The van der Waals surface area contributed by atoms with Gasteiger partial charge in [0.15, 0.2) is 44.1 Å². The maximum atomic E-state index is 13.3. The smallest absolute Gasteiger partial charge is 0.485 e. The number of pyridine rings is 2. The zero-order valence-corrected chi connectivity index (χ0v) is 43.0. The molecule has 0 spiro atoms. The molecule has 12 nitrogen and oxygen atoms in total. The summed E-state index contributed by atoms with van der Waals surface area (Å²) in [6.07, 6.45) is 37.1. The van der Waals surface area contributed by atoms with Crippen LogP contribution in [0.4, 0.5) is 26.3 Å². The van der Waals surface area contributed by atoms with Crippen molar-refractivity contribution in [2.24, 2.45) is 10.8 Å². The zero-order chi connectivity index (χ0) is 55.2. The van der Waals surface area contributed by atoms with Crippen LogP contribution in [0, 0.1) is 10.8 Å². The third kappa shape index (κ3) is 19.1. The first-order chi connectivity index (χ1) is 32.9. The fraction of sp³-hybridized carbons (Fsp3) is 0.346. The SMILES string of the molecule is CC1=C(/C=C/C(C)=C/C=C/C(C)=C/C=C/C=C(C)/C=C/C=C(C)/C=C/C2=C(C)C(=O)C([n+]3cccc(O)c3)CC2(C)C)C(C)(C)CC([n+]2cccc(O)c2)C1=O.O=S(=O)([O-])C(F)(F)F.O=S(=O)([O-])C(F)(F)F. The van der Waals surface area contributed by atoms with Crippen molar-refractivity contribution in [1.29, 1.82) is 0 Å². The first-order valence-electron chi connectivity index (χ1n) is 21.9. The van der Waals surface area contributed by atoms with E-state index in [4.69, 9.17) is 25.9 Å². The molecule has 4 rings (SSSR count). The molecule has 2 unspecified atom stereocenters. The number of hydrogen-bond donors (Lipinski definition) is 2. The molecule has 2 atom stereocenters. The van der Waals surface area contributed by atoms with Crippen LogP contribution >= 0.6 is 0 Å². The number of carbonyl (C=O) groups excluding carboxylic acids is 2. The highest BCUT2D eigenvalue weighted by Crippen LogP contribution is 2.44. The molecule has 20 heteroatoms. The number of aromatic nitrogens is 2. The minimum Gasteiger partial charge on any atom is -0.741 e. The van der Waals surface area contributed by atoms with Crippen LogP contribution in [-0.2, 0) is 29.8 Å². The molecule has 0 amide bonds. The second-order valence-electron chi connectivity index (χ2n) is 18.2. The number of nitrogens with zero attached hydrogens (tertiary/aromatic N) is 2. The van der Waals surface area contributed by atoms with Crippen LogP contribution in [-0.4, -0.2) is 58.7 Å². The summed E-state index contributed by atoms with van der Waals surface area (Å²) in [5.74, 6) is 0.468. The maximum Gasteiger partial charge on any atom is 0.485 e. The van der Waals surface area contributed by atoms with Crippen LogP contribution < -0.4 is 9.13 Å². The fourth-order valence-corrected chi connectivity index (χ4v) is 7.45. The number of carbonyl (C=O) groups is 2. The number of alkyl halides is 6. The topological polar surface area (TPSA) is 197 Å². The highest BCUT2D eigenvalue weighted by atomic mass is 32.2. The third-order valence-electron chi connectivity index (χ3n) is 11.2. The number of ketones is 2. The van der Waals surface area contributed by atoms with Crippen molar-refractivity contribution in [3.63, 3.8) is 0 Å². The normalized spacial score (nSPS) is 20.0. The molecular formula is C52H60F6N2O10S2. The van der Waals surface area contributed by atoms with Gasteiger partial charge in [-0.05, 0) is 75.7 Å². The van der Waals surface area contributed by atoms with Gasteiger partial charge in [-0.25, -0.2) is 16.8 Å². The summed E-state index contributed by atoms with van der Waals surface area (Å²) in [6, 6.07) is 6.08. The van der Waals surface area contributed by atoms with E-state index in [-0.39, 0.29) is 46.0 Å². The molecule has 0 radical (unpaired) electrons. The first kappa shape index (κ1) is 61.9. The van der Waals surface area contributed by atoms with E-state index in [9.17, 15) is 46.1 Å². The molecule has 2 aliphatic carbocycles. The van der Waals surface area contributed by atoms with E-state index in [1.54, 1.807) is 36.7 Å². The molecule has 2 aliphatic rings. The highest BCUT2D eigenvalue weighted by Gasteiger charge is 2.44. The van der Waals surface area contributed by atoms with Crippen LogP contribution in [0.2, 0.25) is 0 Å². The Kier molecular flexibility index (Phi) is 21.9. The summed E-state index contributed by atoms with van der Waals surface area (Å²) in [5, 5.41) is 19.9. The lowest BCUT2D eigenvalue weighted by atomic mass is 9.70. The molecule has 2 N–H and O–H groups in total. The number of halogens is 6. The van der Waals surface area contributed by atoms with Gasteiger partial charge in [0.2, 0.25) is 36.0 Å².